The van der Waals surface area contributed by atoms with Gasteiger partial charge in [-0.2, -0.15) is 11.1 Å². The Kier molecular flexibility index (Phi) is 2.78. The number of hydrogen-bond donors (Lipinski definition) is 0. The molecule has 6 heavy (non-hydrogen) atoms. The van der Waals surface area contributed by atoms with Crippen LogP contribution in [0.5, 0.6) is 0 Å². The Bertz CT molecular complexity index is 40.5. The molecule has 0 atom stereocenters. The molecule has 0 amide bonds. The predicted octanol–water partition coefficient (Wildman–Crippen LogP) is 1.56. The first-order valence-electron chi connectivity index (χ1n) is 1.95. The van der Waals surface area contributed by atoms with Crippen LogP contribution in [-0.4, -0.2) is 23.7 Å². The van der Waals surface area contributed by atoms with E-state index in [-0.39, 0.29) is 0 Å². The van der Waals surface area contributed by atoms with E-state index in [1.807, 2.05) is 0 Å². The van der Waals surface area contributed by atoms with E-state index in [2.05, 4.69) is 29.4 Å². The summed E-state index contributed by atoms with van der Waals surface area (Å²) in [5, 5.41) is 0. The molecule has 0 aliphatic rings. The second kappa shape index (κ2) is 2.37. The fraction of sp³-hybridized carbons (Fsp3) is 1.00. The molecule has 0 rings (SSSR count). The SMILES string of the molecule is C[Si](C)(Cl)[CH2][Al]. The van der Waals surface area contributed by atoms with Crippen LogP contribution in [0.4, 0.5) is 0 Å². The standard InChI is InChI=1S/C3H8ClSi.Al/c1-5(2,3)4;/h1H2,2-3H3;. The van der Waals surface area contributed by atoms with Crippen molar-refractivity contribution in [3.63, 3.8) is 0 Å². The molecule has 0 nitrogen and oxygen atoms in total. The topological polar surface area (TPSA) is 0 Å². The molecule has 0 aromatic rings. The molecule has 0 saturated heterocycles. The average molecular weight is 135 g/mol. The molecule has 3 heteroatoms. The lowest BCUT2D eigenvalue weighted by Gasteiger charge is -2.06. The molecule has 0 unspecified atom stereocenters. The van der Waals surface area contributed by atoms with E-state index in [1.54, 1.807) is 0 Å². The monoisotopic (exact) mass is 134 g/mol. The smallest absolute Gasteiger partial charge is 0.136 e. The molecular weight excluding hydrogens is 127 g/mol. The minimum atomic E-state index is -1.20. The zero-order valence-electron chi connectivity index (χ0n) is 4.16. The third-order valence-electron chi connectivity index (χ3n) is 0.485. The lowest BCUT2D eigenvalue weighted by molar-refractivity contribution is 1.79. The molecular formula is C3H8AlClSi. The van der Waals surface area contributed by atoms with Gasteiger partial charge in [0.15, 0.2) is 0 Å². The van der Waals surface area contributed by atoms with Gasteiger partial charge in [0.05, 0.1) is 0 Å². The highest BCUT2D eigenvalue weighted by molar-refractivity contribution is 7.20. The van der Waals surface area contributed by atoms with Crippen LogP contribution in [0, 0.1) is 0 Å². The second-order valence-electron chi connectivity index (χ2n) is 1.92. The maximum Gasteiger partial charge on any atom is 0.136 e. The summed E-state index contributed by atoms with van der Waals surface area (Å²) in [7, 11) is -1.20. The van der Waals surface area contributed by atoms with Crippen LogP contribution in [0.3, 0.4) is 0 Å². The van der Waals surface area contributed by atoms with E-state index < -0.39 is 7.38 Å². The third-order valence-corrected chi connectivity index (χ3v) is 5.76. The normalized spacial score (nSPS) is 11.8. The summed E-state index contributed by atoms with van der Waals surface area (Å²) in [5.41, 5.74) is 0. The van der Waals surface area contributed by atoms with Gasteiger partial charge in [0.1, 0.15) is 23.7 Å². The van der Waals surface area contributed by atoms with Crippen molar-refractivity contribution < 1.29 is 0 Å². The van der Waals surface area contributed by atoms with Crippen LogP contribution in [0.1, 0.15) is 0 Å². The summed E-state index contributed by atoms with van der Waals surface area (Å²) in [6.07, 6.45) is 0. The summed E-state index contributed by atoms with van der Waals surface area (Å²) >= 11 is 8.49. The molecule has 0 saturated carbocycles. The van der Waals surface area contributed by atoms with E-state index in [1.165, 1.54) is 0 Å². The molecule has 0 fully saturated rings. The maximum atomic E-state index is 5.84. The highest BCUT2D eigenvalue weighted by Crippen LogP contribution is 2.09. The van der Waals surface area contributed by atoms with Gasteiger partial charge >= 0.3 is 0 Å². The van der Waals surface area contributed by atoms with Gasteiger partial charge < -0.3 is 0 Å². The quantitative estimate of drug-likeness (QED) is 0.377. The van der Waals surface area contributed by atoms with Crippen molar-refractivity contribution >= 4 is 34.8 Å². The highest BCUT2D eigenvalue weighted by Gasteiger charge is 2.10. The molecule has 0 spiro atoms. The Morgan fingerprint density at radius 2 is 1.83 bits per heavy atom. The summed E-state index contributed by atoms with van der Waals surface area (Å²) < 4.78 is 0. The molecule has 0 bridgehead atoms. The maximum absolute atomic E-state index is 5.84. The molecule has 0 aliphatic heterocycles. The predicted molar refractivity (Wildman–Crippen MR) is 33.9 cm³/mol. The van der Waals surface area contributed by atoms with Crippen molar-refractivity contribution in [3.8, 4) is 0 Å². The molecule has 0 N–H and O–H groups in total. The zero-order valence-corrected chi connectivity index (χ0v) is 7.07. The van der Waals surface area contributed by atoms with Gasteiger partial charge in [0, 0.05) is 0 Å². The van der Waals surface area contributed by atoms with Crippen LogP contribution in [0.2, 0.25) is 18.0 Å². The number of halogens is 1. The summed E-state index contributed by atoms with van der Waals surface area (Å²) in [6, 6.07) is 0. The van der Waals surface area contributed by atoms with Crippen LogP contribution in [0.15, 0.2) is 0 Å². The van der Waals surface area contributed by atoms with Gasteiger partial charge in [0.25, 0.3) is 0 Å². The first-order chi connectivity index (χ1) is 2.56. The Morgan fingerprint density at radius 1 is 1.67 bits per heavy atom. The average Bonchev–Trinajstić information content (AvgIpc) is 1.35. The number of hydrogen-bond acceptors (Lipinski definition) is 0. The van der Waals surface area contributed by atoms with Gasteiger partial charge in [0.2, 0.25) is 0 Å². The molecule has 0 aromatic carbocycles. The van der Waals surface area contributed by atoms with E-state index in [4.69, 9.17) is 11.1 Å². The Labute approximate surface area is 53.0 Å². The van der Waals surface area contributed by atoms with Crippen LogP contribution in [-0.2, 0) is 0 Å². The fourth-order valence-corrected chi connectivity index (χ4v) is 0. The first-order valence-corrected chi connectivity index (χ1v) is 6.99. The van der Waals surface area contributed by atoms with Crippen molar-refractivity contribution in [2.75, 3.05) is 0 Å². The molecule has 34 valence electrons. The van der Waals surface area contributed by atoms with Gasteiger partial charge in [-0.3, -0.25) is 0 Å². The summed E-state index contributed by atoms with van der Waals surface area (Å²) in [4.78, 5) is 1.09. The highest BCUT2D eigenvalue weighted by atomic mass is 35.6. The summed E-state index contributed by atoms with van der Waals surface area (Å²) in [6.45, 7) is 4.25. The van der Waals surface area contributed by atoms with Crippen molar-refractivity contribution in [2.24, 2.45) is 0 Å². The third kappa shape index (κ3) is 5.04. The van der Waals surface area contributed by atoms with Gasteiger partial charge in [-0.25, -0.2) is 0 Å². The largest absolute Gasteiger partial charge is 0.169 e. The van der Waals surface area contributed by atoms with Crippen molar-refractivity contribution in [2.45, 2.75) is 18.0 Å². The Hall–Kier alpha value is 1.04. The van der Waals surface area contributed by atoms with Crippen LogP contribution >= 0.6 is 11.1 Å². The number of rotatable bonds is 1. The lowest BCUT2D eigenvalue weighted by Crippen LogP contribution is -2.14. The molecule has 0 heterocycles. The van der Waals surface area contributed by atoms with Crippen molar-refractivity contribution in [3.05, 3.63) is 0 Å². The van der Waals surface area contributed by atoms with E-state index in [0.29, 0.717) is 0 Å². The minimum Gasteiger partial charge on any atom is -0.169 e. The van der Waals surface area contributed by atoms with Crippen molar-refractivity contribution in [1.29, 1.82) is 0 Å². The first kappa shape index (κ1) is 7.04. The van der Waals surface area contributed by atoms with Crippen LogP contribution < -0.4 is 0 Å². The van der Waals surface area contributed by atoms with E-state index >= 15 is 0 Å². The lowest BCUT2D eigenvalue weighted by atomic mass is 11.8. The van der Waals surface area contributed by atoms with Gasteiger partial charge in [-0.1, -0.05) is 13.1 Å². The second-order valence-corrected chi connectivity index (χ2v) is 10.1. The zero-order chi connectivity index (χ0) is 5.21. The van der Waals surface area contributed by atoms with Gasteiger partial charge in [-0.05, 0) is 0 Å². The molecule has 0 aromatic heterocycles. The summed E-state index contributed by atoms with van der Waals surface area (Å²) in [5.74, 6) is 0. The van der Waals surface area contributed by atoms with E-state index in [0.717, 1.165) is 4.91 Å². The minimum absolute atomic E-state index is 1.09. The Balaban J connectivity index is 3.17. The Morgan fingerprint density at radius 3 is 1.83 bits per heavy atom. The van der Waals surface area contributed by atoms with E-state index in [9.17, 15) is 0 Å². The molecule has 0 aliphatic carbocycles. The van der Waals surface area contributed by atoms with Gasteiger partial charge in [-0.15, -0.1) is 4.91 Å². The van der Waals surface area contributed by atoms with Crippen molar-refractivity contribution in [1.82, 2.24) is 0 Å². The van der Waals surface area contributed by atoms with Crippen LogP contribution in [0.25, 0.3) is 0 Å². The molecule has 2 radical (unpaired) electrons. The fourth-order valence-electron chi connectivity index (χ4n) is 0.